The fraction of sp³-hybridized carbons (Fsp3) is 0.611. The van der Waals surface area contributed by atoms with E-state index in [1.165, 1.54) is 11.1 Å². The quantitative estimate of drug-likeness (QED) is 0.432. The van der Waals surface area contributed by atoms with E-state index in [0.29, 0.717) is 25.1 Å². The summed E-state index contributed by atoms with van der Waals surface area (Å²) in [6.07, 6.45) is -0.773. The van der Waals surface area contributed by atoms with Crippen molar-refractivity contribution in [2.24, 2.45) is 0 Å². The number of hydrazine groups is 1. The Balaban J connectivity index is 3.13. The van der Waals surface area contributed by atoms with E-state index in [4.69, 9.17) is 14.2 Å². The number of cyclic esters (lactones) is 1. The molecule has 0 aliphatic carbocycles. The van der Waals surface area contributed by atoms with E-state index in [9.17, 15) is 14.4 Å². The monoisotopic (exact) mass is 381 g/mol. The van der Waals surface area contributed by atoms with Crippen LogP contribution in [0.1, 0.15) is 47.5 Å². The lowest BCUT2D eigenvalue weighted by Gasteiger charge is -2.26. The van der Waals surface area contributed by atoms with Crippen molar-refractivity contribution < 1.29 is 28.6 Å². The van der Waals surface area contributed by atoms with Crippen molar-refractivity contribution in [1.29, 1.82) is 0 Å². The second-order valence-corrected chi connectivity index (χ2v) is 6.19. The Labute approximate surface area is 159 Å². The van der Waals surface area contributed by atoms with Gasteiger partial charge in [0.1, 0.15) is 6.61 Å². The Morgan fingerprint density at radius 3 is 2.48 bits per heavy atom. The number of carbonyl (C=O) groups excluding carboxylic acids is 3. The van der Waals surface area contributed by atoms with Crippen LogP contribution in [0.25, 0.3) is 0 Å². The fourth-order valence-electron chi connectivity index (χ4n) is 2.07. The van der Waals surface area contributed by atoms with Gasteiger partial charge in [0.05, 0.1) is 24.4 Å². The lowest BCUT2D eigenvalue weighted by molar-refractivity contribution is 0.0567. The zero-order valence-electron chi connectivity index (χ0n) is 16.4. The summed E-state index contributed by atoms with van der Waals surface area (Å²) in [5.74, 6) is 5.65. The Hall–Kier alpha value is -2.89. The Bertz CT molecular complexity index is 633. The summed E-state index contributed by atoms with van der Waals surface area (Å²) in [7, 11) is 0. The molecule has 1 heterocycles. The highest BCUT2D eigenvalue weighted by Crippen LogP contribution is 2.16. The van der Waals surface area contributed by atoms with Crippen molar-refractivity contribution in [2.75, 3.05) is 13.2 Å². The number of amides is 3. The average molecular weight is 381 g/mol. The van der Waals surface area contributed by atoms with Crippen LogP contribution in [0.15, 0.2) is 11.9 Å². The summed E-state index contributed by atoms with van der Waals surface area (Å²) < 4.78 is 15.1. The van der Waals surface area contributed by atoms with Gasteiger partial charge in [0.2, 0.25) is 0 Å². The Morgan fingerprint density at radius 1 is 1.30 bits per heavy atom. The molecule has 9 heteroatoms. The van der Waals surface area contributed by atoms with Crippen molar-refractivity contribution in [1.82, 2.24) is 15.3 Å². The molecular weight excluding hydrogens is 354 g/mol. The minimum atomic E-state index is -0.817. The van der Waals surface area contributed by atoms with Gasteiger partial charge in [-0.2, -0.15) is 5.01 Å². The molecule has 0 unspecified atom stereocenters. The summed E-state index contributed by atoms with van der Waals surface area (Å²) in [5, 5.41) is 0.938. The third-order valence-corrected chi connectivity index (χ3v) is 3.13. The van der Waals surface area contributed by atoms with Gasteiger partial charge in [0, 0.05) is 19.0 Å². The molecule has 0 bridgehead atoms. The molecule has 0 radical (unpaired) electrons. The number of carbonyl (C=O) groups is 3. The van der Waals surface area contributed by atoms with Gasteiger partial charge >= 0.3 is 18.3 Å². The van der Waals surface area contributed by atoms with Crippen molar-refractivity contribution in [3.8, 4) is 11.8 Å². The highest BCUT2D eigenvalue weighted by atomic mass is 16.6. The summed E-state index contributed by atoms with van der Waals surface area (Å²) in [5.41, 5.74) is 2.69. The van der Waals surface area contributed by atoms with E-state index < -0.39 is 24.4 Å². The standard InChI is InChI=1S/C18H27N3O6/c1-6-7-8-9-15(12-20-10-11-25-17(20)23)21(18(24)27-14(4)5)19-16(22)26-13(2)3/h12-14H,8-11H2,1-5H3,(H,19,22)/b15-12+. The van der Waals surface area contributed by atoms with Crippen LogP contribution in [0.5, 0.6) is 0 Å². The molecule has 150 valence electrons. The molecule has 1 aliphatic rings. The lowest BCUT2D eigenvalue weighted by atomic mass is 10.2. The predicted octanol–water partition coefficient (Wildman–Crippen LogP) is 2.98. The minimum Gasteiger partial charge on any atom is -0.447 e. The first-order valence-electron chi connectivity index (χ1n) is 8.76. The molecule has 1 aliphatic heterocycles. The van der Waals surface area contributed by atoms with Crippen LogP contribution in [-0.2, 0) is 14.2 Å². The van der Waals surface area contributed by atoms with Gasteiger partial charge in [0.15, 0.2) is 0 Å². The number of allylic oxidation sites excluding steroid dienone is 1. The first-order chi connectivity index (χ1) is 12.7. The number of nitrogens with zero attached hydrogens (tertiary/aromatic N) is 2. The fourth-order valence-corrected chi connectivity index (χ4v) is 2.07. The van der Waals surface area contributed by atoms with E-state index in [2.05, 4.69) is 17.3 Å². The molecule has 0 aromatic carbocycles. The molecule has 0 atom stereocenters. The Kier molecular flexibility index (Phi) is 8.99. The minimum absolute atomic E-state index is 0.247. The van der Waals surface area contributed by atoms with Gasteiger partial charge in [0.25, 0.3) is 0 Å². The topological polar surface area (TPSA) is 97.4 Å². The van der Waals surface area contributed by atoms with Crippen molar-refractivity contribution in [2.45, 2.75) is 59.7 Å². The van der Waals surface area contributed by atoms with Crippen LogP contribution in [0.4, 0.5) is 14.4 Å². The molecule has 1 rings (SSSR count). The van der Waals surface area contributed by atoms with Crippen molar-refractivity contribution >= 4 is 18.3 Å². The van der Waals surface area contributed by atoms with E-state index in [1.807, 2.05) is 0 Å². The van der Waals surface area contributed by atoms with Crippen molar-refractivity contribution in [3.05, 3.63) is 11.9 Å². The second kappa shape index (κ2) is 11.0. The van der Waals surface area contributed by atoms with Crippen molar-refractivity contribution in [3.63, 3.8) is 0 Å². The van der Waals surface area contributed by atoms with E-state index >= 15 is 0 Å². The van der Waals surface area contributed by atoms with Crippen LogP contribution in [-0.4, -0.2) is 53.5 Å². The molecule has 3 amide bonds. The van der Waals surface area contributed by atoms with Gasteiger partial charge in [-0.3, -0.25) is 4.90 Å². The molecular formula is C18H27N3O6. The molecule has 27 heavy (non-hydrogen) atoms. The largest absolute Gasteiger partial charge is 0.447 e. The maximum absolute atomic E-state index is 12.5. The van der Waals surface area contributed by atoms with E-state index in [1.54, 1.807) is 34.6 Å². The normalized spacial score (nSPS) is 13.8. The summed E-state index contributed by atoms with van der Waals surface area (Å²) in [6.45, 7) is 9.03. The summed E-state index contributed by atoms with van der Waals surface area (Å²) in [6, 6.07) is 0. The van der Waals surface area contributed by atoms with E-state index in [0.717, 1.165) is 5.01 Å². The first kappa shape index (κ1) is 22.2. The smallest absolute Gasteiger partial charge is 0.433 e. The number of ether oxygens (including phenoxy) is 3. The molecule has 9 nitrogen and oxygen atoms in total. The summed E-state index contributed by atoms with van der Waals surface area (Å²) in [4.78, 5) is 37.7. The molecule has 1 fully saturated rings. The highest BCUT2D eigenvalue weighted by molar-refractivity contribution is 5.76. The molecule has 1 N–H and O–H groups in total. The van der Waals surface area contributed by atoms with Gasteiger partial charge in [-0.25, -0.2) is 19.8 Å². The van der Waals surface area contributed by atoms with Crippen LogP contribution in [0, 0.1) is 11.8 Å². The maximum Gasteiger partial charge on any atom is 0.433 e. The average Bonchev–Trinajstić information content (AvgIpc) is 2.95. The summed E-state index contributed by atoms with van der Waals surface area (Å²) >= 11 is 0. The lowest BCUT2D eigenvalue weighted by Crippen LogP contribution is -2.47. The molecule has 0 saturated carbocycles. The molecule has 0 aromatic rings. The van der Waals surface area contributed by atoms with Crippen LogP contribution < -0.4 is 5.43 Å². The highest BCUT2D eigenvalue weighted by Gasteiger charge is 2.27. The van der Waals surface area contributed by atoms with E-state index in [-0.39, 0.29) is 12.7 Å². The molecule has 0 spiro atoms. The van der Waals surface area contributed by atoms with Crippen LogP contribution in [0.3, 0.4) is 0 Å². The van der Waals surface area contributed by atoms with Gasteiger partial charge in [-0.05, 0) is 34.6 Å². The maximum atomic E-state index is 12.5. The predicted molar refractivity (Wildman–Crippen MR) is 97.0 cm³/mol. The zero-order chi connectivity index (χ0) is 20.4. The van der Waals surface area contributed by atoms with Gasteiger partial charge < -0.3 is 14.2 Å². The number of nitrogens with one attached hydrogen (secondary N) is 1. The molecule has 0 aromatic heterocycles. The Morgan fingerprint density at radius 2 is 1.96 bits per heavy atom. The molecule has 1 saturated heterocycles. The van der Waals surface area contributed by atoms with Crippen LogP contribution in [0.2, 0.25) is 0 Å². The number of hydrogen-bond donors (Lipinski definition) is 1. The first-order valence-corrected chi connectivity index (χ1v) is 8.76. The van der Waals surface area contributed by atoms with Gasteiger partial charge in [-0.1, -0.05) is 0 Å². The number of rotatable bonds is 6. The van der Waals surface area contributed by atoms with Crippen LogP contribution >= 0.6 is 0 Å². The van der Waals surface area contributed by atoms with Gasteiger partial charge in [-0.15, -0.1) is 11.8 Å². The zero-order valence-corrected chi connectivity index (χ0v) is 16.4. The third kappa shape index (κ3) is 7.90. The SMILES string of the molecule is CC#CCC/C(=C\N1CCOC1=O)N(NC(=O)OC(C)C)C(=O)OC(C)C. The third-order valence-electron chi connectivity index (χ3n) is 3.13. The number of hydrogen-bond acceptors (Lipinski definition) is 6. The second-order valence-electron chi connectivity index (χ2n) is 6.19.